The Balaban J connectivity index is 1.61. The highest BCUT2D eigenvalue weighted by atomic mass is 32.2. The summed E-state index contributed by atoms with van der Waals surface area (Å²) in [6, 6.07) is 15.2. The van der Waals surface area contributed by atoms with E-state index in [0.717, 1.165) is 37.2 Å². The largest absolute Gasteiger partial charge is 0.352 e. The van der Waals surface area contributed by atoms with E-state index in [0.29, 0.717) is 12.0 Å². The highest BCUT2D eigenvalue weighted by Crippen LogP contribution is 2.49. The van der Waals surface area contributed by atoms with Crippen molar-refractivity contribution < 1.29 is 4.79 Å². The number of likely N-dealkylation sites (tertiary alicyclic amines) is 1. The van der Waals surface area contributed by atoms with Crippen LogP contribution in [0.2, 0.25) is 0 Å². The molecular weight excluding hydrogens is 402 g/mol. The Hall–Kier alpha value is -1.98. The first kappa shape index (κ1) is 22.2. The number of nitrogens with one attached hydrogen (secondary N) is 1. The van der Waals surface area contributed by atoms with Gasteiger partial charge in [0.05, 0.1) is 11.4 Å². The van der Waals surface area contributed by atoms with Gasteiger partial charge in [0, 0.05) is 34.5 Å². The fraction of sp³-hybridized carbons (Fsp3) is 0.500. The number of benzene rings is 2. The first-order chi connectivity index (χ1) is 15.1. The zero-order valence-electron chi connectivity index (χ0n) is 19.1. The molecule has 1 amide bonds. The average Bonchev–Trinajstić information content (AvgIpc) is 3.30. The van der Waals surface area contributed by atoms with E-state index in [1.54, 1.807) is 11.8 Å². The number of carbonyl (C=O) groups excluding carboxylic acids is 1. The van der Waals surface area contributed by atoms with Gasteiger partial charge in [-0.2, -0.15) is 0 Å². The molecule has 4 nitrogen and oxygen atoms in total. The van der Waals surface area contributed by atoms with Crippen LogP contribution in [0.3, 0.4) is 0 Å². The summed E-state index contributed by atoms with van der Waals surface area (Å²) in [6.07, 6.45) is 4.79. The molecule has 0 radical (unpaired) electrons. The summed E-state index contributed by atoms with van der Waals surface area (Å²) in [5.74, 6) is 0.576. The quantitative estimate of drug-likeness (QED) is 0.554. The molecule has 2 aromatic rings. The minimum Gasteiger partial charge on any atom is -0.352 e. The topological polar surface area (TPSA) is 35.6 Å². The minimum atomic E-state index is 0.0331. The Morgan fingerprint density at radius 2 is 1.74 bits per heavy atom. The summed E-state index contributed by atoms with van der Waals surface area (Å²) in [5, 5.41) is 3.16. The van der Waals surface area contributed by atoms with E-state index >= 15 is 0 Å². The van der Waals surface area contributed by atoms with Crippen LogP contribution in [-0.2, 0) is 0 Å². The molecule has 4 rings (SSSR count). The number of rotatable bonds is 8. The number of para-hydroxylation sites is 1. The summed E-state index contributed by atoms with van der Waals surface area (Å²) in [4.78, 5) is 20.5. The van der Waals surface area contributed by atoms with Crippen molar-refractivity contribution >= 4 is 29.0 Å². The van der Waals surface area contributed by atoms with Crippen LogP contribution >= 0.6 is 11.8 Å². The molecule has 2 aliphatic heterocycles. The third-order valence-corrected chi connectivity index (χ3v) is 7.82. The lowest BCUT2D eigenvalue weighted by Gasteiger charge is -2.39. The summed E-state index contributed by atoms with van der Waals surface area (Å²) in [6.45, 7) is 10.9. The van der Waals surface area contributed by atoms with Crippen LogP contribution in [0.1, 0.15) is 56.8 Å². The maximum absolute atomic E-state index is 12.9. The molecule has 166 valence electrons. The maximum Gasteiger partial charge on any atom is 0.251 e. The molecular formula is C26H35N3OS. The van der Waals surface area contributed by atoms with Gasteiger partial charge < -0.3 is 15.1 Å². The van der Waals surface area contributed by atoms with Gasteiger partial charge in [-0.25, -0.2) is 0 Å². The molecule has 1 fully saturated rings. The van der Waals surface area contributed by atoms with Crippen molar-refractivity contribution in [1.29, 1.82) is 0 Å². The molecule has 1 atom stereocenters. The molecule has 0 saturated carbocycles. The number of nitrogens with zero attached hydrogens (tertiary/aromatic N) is 2. The third kappa shape index (κ3) is 4.93. The summed E-state index contributed by atoms with van der Waals surface area (Å²) in [7, 11) is 0. The summed E-state index contributed by atoms with van der Waals surface area (Å²) < 4.78 is 0. The van der Waals surface area contributed by atoms with Crippen molar-refractivity contribution in [2.45, 2.75) is 62.3 Å². The smallest absolute Gasteiger partial charge is 0.251 e. The number of anilines is 2. The lowest BCUT2D eigenvalue weighted by atomic mass is 10.0. The molecule has 2 aliphatic rings. The van der Waals surface area contributed by atoms with Gasteiger partial charge in [0.1, 0.15) is 0 Å². The summed E-state index contributed by atoms with van der Waals surface area (Å²) in [5.41, 5.74) is 3.16. The minimum absolute atomic E-state index is 0.0331. The Bertz CT molecular complexity index is 905. The number of hydrogen-bond donors (Lipinski definition) is 1. The second kappa shape index (κ2) is 10.1. The zero-order valence-corrected chi connectivity index (χ0v) is 19.9. The number of amides is 1. The van der Waals surface area contributed by atoms with E-state index in [4.69, 9.17) is 0 Å². The zero-order chi connectivity index (χ0) is 21.8. The van der Waals surface area contributed by atoms with E-state index in [9.17, 15) is 4.79 Å². The fourth-order valence-electron chi connectivity index (χ4n) is 4.74. The van der Waals surface area contributed by atoms with E-state index in [-0.39, 0.29) is 5.91 Å². The Kier molecular flexibility index (Phi) is 7.24. The van der Waals surface area contributed by atoms with Crippen molar-refractivity contribution in [2.24, 2.45) is 5.92 Å². The van der Waals surface area contributed by atoms with Gasteiger partial charge in [-0.3, -0.25) is 4.79 Å². The predicted octanol–water partition coefficient (Wildman–Crippen LogP) is 5.94. The van der Waals surface area contributed by atoms with Crippen LogP contribution in [0.4, 0.5) is 11.4 Å². The molecule has 2 heterocycles. The van der Waals surface area contributed by atoms with Gasteiger partial charge in [-0.1, -0.05) is 50.6 Å². The fourth-order valence-corrected chi connectivity index (χ4v) is 5.79. The average molecular weight is 438 g/mol. The molecule has 1 N–H and O–H groups in total. The second-order valence-corrected chi connectivity index (χ2v) is 9.96. The van der Waals surface area contributed by atoms with Gasteiger partial charge >= 0.3 is 0 Å². The molecule has 1 saturated heterocycles. The normalized spacial score (nSPS) is 16.8. The molecule has 0 spiro atoms. The standard InChI is InChI=1S/C26H35N3OS/c1-4-20(5-2)17-27-26(30)21-12-13-25-23(16-21)29(19(3)18-28-14-8-9-15-28)22-10-6-7-11-24(22)31-25/h6-7,10-13,16,19-20H,4-5,8-9,14-15,17-18H2,1-3H3,(H,27,30)/t19-/m1/s1. The van der Waals surface area contributed by atoms with Gasteiger partial charge in [-0.05, 0) is 69.1 Å². The third-order valence-electron chi connectivity index (χ3n) is 6.69. The van der Waals surface area contributed by atoms with E-state index < -0.39 is 0 Å². The Morgan fingerprint density at radius 1 is 1.03 bits per heavy atom. The molecule has 0 bridgehead atoms. The molecule has 5 heteroatoms. The van der Waals surface area contributed by atoms with Crippen molar-refractivity contribution in [3.8, 4) is 0 Å². The van der Waals surface area contributed by atoms with Crippen molar-refractivity contribution in [2.75, 3.05) is 31.1 Å². The van der Waals surface area contributed by atoms with Gasteiger partial charge in [0.25, 0.3) is 5.91 Å². The predicted molar refractivity (Wildman–Crippen MR) is 131 cm³/mol. The monoisotopic (exact) mass is 437 g/mol. The molecule has 2 aromatic carbocycles. The number of fused-ring (bicyclic) bond motifs is 2. The Labute approximate surface area is 191 Å². The van der Waals surface area contributed by atoms with Crippen LogP contribution in [0.25, 0.3) is 0 Å². The highest BCUT2D eigenvalue weighted by molar-refractivity contribution is 7.99. The first-order valence-electron chi connectivity index (χ1n) is 11.8. The van der Waals surface area contributed by atoms with Crippen LogP contribution in [-0.4, -0.2) is 43.0 Å². The molecule has 0 aliphatic carbocycles. The highest BCUT2D eigenvalue weighted by Gasteiger charge is 2.29. The van der Waals surface area contributed by atoms with E-state index in [1.165, 1.54) is 41.4 Å². The second-order valence-electron chi connectivity index (χ2n) is 8.87. The molecule has 31 heavy (non-hydrogen) atoms. The Morgan fingerprint density at radius 3 is 2.48 bits per heavy atom. The molecule has 0 unspecified atom stereocenters. The van der Waals surface area contributed by atoms with Crippen molar-refractivity contribution in [3.05, 3.63) is 48.0 Å². The van der Waals surface area contributed by atoms with Crippen molar-refractivity contribution in [1.82, 2.24) is 10.2 Å². The number of hydrogen-bond acceptors (Lipinski definition) is 4. The van der Waals surface area contributed by atoms with Crippen LogP contribution in [0, 0.1) is 5.92 Å². The van der Waals surface area contributed by atoms with Crippen LogP contribution in [0.15, 0.2) is 52.3 Å². The lowest BCUT2D eigenvalue weighted by molar-refractivity contribution is 0.0946. The SMILES string of the molecule is CCC(CC)CNC(=O)c1ccc2c(c1)N([C@H](C)CN1CCCC1)c1ccccc1S2. The van der Waals surface area contributed by atoms with Crippen LogP contribution in [0.5, 0.6) is 0 Å². The van der Waals surface area contributed by atoms with E-state index in [2.05, 4.69) is 72.3 Å². The first-order valence-corrected chi connectivity index (χ1v) is 12.6. The van der Waals surface area contributed by atoms with E-state index in [1.807, 2.05) is 6.07 Å². The lowest BCUT2D eigenvalue weighted by Crippen LogP contribution is -2.40. The molecule has 0 aromatic heterocycles. The van der Waals surface area contributed by atoms with Gasteiger partial charge in [-0.15, -0.1) is 0 Å². The van der Waals surface area contributed by atoms with Gasteiger partial charge in [0.15, 0.2) is 0 Å². The van der Waals surface area contributed by atoms with Crippen molar-refractivity contribution in [3.63, 3.8) is 0 Å². The number of carbonyl (C=O) groups is 1. The maximum atomic E-state index is 12.9. The van der Waals surface area contributed by atoms with Gasteiger partial charge in [0.2, 0.25) is 0 Å². The van der Waals surface area contributed by atoms with Crippen LogP contribution < -0.4 is 10.2 Å². The summed E-state index contributed by atoms with van der Waals surface area (Å²) >= 11 is 1.81.